The largest absolute Gasteiger partial charge is 0.497 e. The van der Waals surface area contributed by atoms with Gasteiger partial charge in [0.05, 0.1) is 25.0 Å². The minimum Gasteiger partial charge on any atom is -0.497 e. The molecule has 0 spiro atoms. The van der Waals surface area contributed by atoms with Crippen molar-refractivity contribution in [1.29, 1.82) is 0 Å². The fourth-order valence-electron chi connectivity index (χ4n) is 4.29. The number of rotatable bonds is 13. The molecule has 33 heavy (non-hydrogen) atoms. The molecule has 1 heterocycles. The van der Waals surface area contributed by atoms with Crippen molar-refractivity contribution >= 4 is 5.97 Å². The molecule has 1 aromatic heterocycles. The summed E-state index contributed by atoms with van der Waals surface area (Å²) in [5.41, 5.74) is 4.92. The average Bonchev–Trinajstić information content (AvgIpc) is 3.20. The molecule has 176 valence electrons. The quantitative estimate of drug-likeness (QED) is 0.204. The lowest BCUT2D eigenvalue weighted by molar-refractivity contribution is 0.0526. The first-order valence-electron chi connectivity index (χ1n) is 12.2. The number of aromatic nitrogens is 1. The van der Waals surface area contributed by atoms with E-state index in [2.05, 4.69) is 42.0 Å². The topological polar surface area (TPSA) is 40.5 Å². The summed E-state index contributed by atoms with van der Waals surface area (Å²) < 4.78 is 13.0. The summed E-state index contributed by atoms with van der Waals surface area (Å²) >= 11 is 0. The average molecular weight is 448 g/mol. The fraction of sp³-hybridized carbons (Fsp3) is 0.414. The second kappa shape index (κ2) is 12.9. The highest BCUT2D eigenvalue weighted by Gasteiger charge is 2.24. The zero-order valence-corrected chi connectivity index (χ0v) is 20.3. The Balaban J connectivity index is 1.96. The Bertz CT molecular complexity index is 990. The van der Waals surface area contributed by atoms with Gasteiger partial charge in [-0.1, -0.05) is 81.5 Å². The van der Waals surface area contributed by atoms with E-state index in [0.717, 1.165) is 41.0 Å². The molecule has 0 radical (unpaired) electrons. The zero-order valence-electron chi connectivity index (χ0n) is 20.3. The van der Waals surface area contributed by atoms with Crippen LogP contribution in [0.4, 0.5) is 0 Å². The third kappa shape index (κ3) is 6.74. The van der Waals surface area contributed by atoms with Gasteiger partial charge in [-0.3, -0.25) is 0 Å². The molecule has 0 aliphatic carbocycles. The van der Waals surface area contributed by atoms with Gasteiger partial charge >= 0.3 is 5.97 Å². The van der Waals surface area contributed by atoms with Crippen molar-refractivity contribution in [3.8, 4) is 17.0 Å². The van der Waals surface area contributed by atoms with Crippen LogP contribution in [0.25, 0.3) is 11.3 Å². The van der Waals surface area contributed by atoms with Crippen LogP contribution < -0.4 is 4.74 Å². The molecule has 3 rings (SSSR count). The number of unbranched alkanes of at least 4 members (excludes halogenated alkanes) is 5. The smallest absolute Gasteiger partial charge is 0.340 e. The zero-order chi connectivity index (χ0) is 23.5. The Morgan fingerprint density at radius 3 is 2.24 bits per heavy atom. The first-order chi connectivity index (χ1) is 16.2. The Kier molecular flexibility index (Phi) is 9.61. The Morgan fingerprint density at radius 1 is 0.879 bits per heavy atom. The monoisotopic (exact) mass is 447 g/mol. The van der Waals surface area contributed by atoms with Gasteiger partial charge in [0.15, 0.2) is 0 Å². The van der Waals surface area contributed by atoms with Gasteiger partial charge in [0.1, 0.15) is 5.75 Å². The van der Waals surface area contributed by atoms with Crippen LogP contribution in [0.15, 0.2) is 60.8 Å². The van der Waals surface area contributed by atoms with E-state index >= 15 is 0 Å². The number of methoxy groups -OCH3 is 1. The lowest BCUT2D eigenvalue weighted by atomic mass is 10.0. The minimum atomic E-state index is -0.231. The van der Waals surface area contributed by atoms with E-state index < -0.39 is 0 Å². The molecule has 3 aromatic rings. The number of esters is 1. The van der Waals surface area contributed by atoms with Gasteiger partial charge in [-0.25, -0.2) is 4.79 Å². The molecular weight excluding hydrogens is 410 g/mol. The van der Waals surface area contributed by atoms with Gasteiger partial charge in [-0.05, 0) is 48.6 Å². The lowest BCUT2D eigenvalue weighted by Crippen LogP contribution is -2.09. The number of ether oxygens (including phenoxy) is 2. The summed E-state index contributed by atoms with van der Waals surface area (Å²) in [6, 6.07) is 18.3. The molecule has 0 N–H and O–H groups in total. The fourth-order valence-corrected chi connectivity index (χ4v) is 4.29. The van der Waals surface area contributed by atoms with Crippen LogP contribution in [0.5, 0.6) is 5.75 Å². The maximum Gasteiger partial charge on any atom is 0.340 e. The van der Waals surface area contributed by atoms with E-state index in [1.807, 2.05) is 37.3 Å². The minimum absolute atomic E-state index is 0.231. The van der Waals surface area contributed by atoms with E-state index in [4.69, 9.17) is 9.47 Å². The standard InChI is InChI=1S/C29H37NO3/c1-4-6-7-8-9-11-16-25-22-30(21-23-17-19-26(32-3)20-18-23)28(24-14-12-10-13-15-24)27(25)29(31)33-5-2/h10,12-15,17-20,22H,4-9,11,16,21H2,1-3H3. The van der Waals surface area contributed by atoms with Crippen molar-refractivity contribution < 1.29 is 14.3 Å². The number of aryl methyl sites for hydroxylation is 1. The predicted molar refractivity (Wildman–Crippen MR) is 135 cm³/mol. The molecule has 4 heteroatoms. The first kappa shape index (κ1) is 24.6. The van der Waals surface area contributed by atoms with Crippen molar-refractivity contribution in [2.75, 3.05) is 13.7 Å². The molecule has 0 saturated carbocycles. The molecule has 0 fully saturated rings. The Morgan fingerprint density at radius 2 is 1.58 bits per heavy atom. The maximum absolute atomic E-state index is 13.1. The predicted octanol–water partition coefficient (Wildman–Crippen LogP) is 7.29. The Hall–Kier alpha value is -3.01. The number of hydrogen-bond acceptors (Lipinski definition) is 3. The van der Waals surface area contributed by atoms with E-state index in [1.165, 1.54) is 32.1 Å². The SMILES string of the molecule is CCCCCCCCc1cn(Cc2ccc(OC)cc2)c(-c2ccccc2)c1C(=O)OCC. The third-order valence-electron chi connectivity index (χ3n) is 6.00. The molecule has 0 amide bonds. The van der Waals surface area contributed by atoms with Gasteiger partial charge in [0, 0.05) is 12.7 Å². The third-order valence-corrected chi connectivity index (χ3v) is 6.00. The van der Waals surface area contributed by atoms with Crippen LogP contribution in [0.1, 0.15) is 73.9 Å². The van der Waals surface area contributed by atoms with Gasteiger partial charge in [0.25, 0.3) is 0 Å². The van der Waals surface area contributed by atoms with E-state index in [1.54, 1.807) is 7.11 Å². The molecule has 0 aliphatic heterocycles. The normalized spacial score (nSPS) is 10.9. The molecular formula is C29H37NO3. The van der Waals surface area contributed by atoms with Crippen molar-refractivity contribution in [3.05, 3.63) is 77.5 Å². The first-order valence-corrected chi connectivity index (χ1v) is 12.2. The van der Waals surface area contributed by atoms with Crippen molar-refractivity contribution in [2.45, 2.75) is 65.3 Å². The van der Waals surface area contributed by atoms with Crippen LogP contribution >= 0.6 is 0 Å². The van der Waals surface area contributed by atoms with Gasteiger partial charge < -0.3 is 14.0 Å². The van der Waals surface area contributed by atoms with Gasteiger partial charge in [-0.2, -0.15) is 0 Å². The van der Waals surface area contributed by atoms with E-state index in [9.17, 15) is 4.79 Å². The van der Waals surface area contributed by atoms with Crippen molar-refractivity contribution in [1.82, 2.24) is 4.57 Å². The molecule has 0 bridgehead atoms. The van der Waals surface area contributed by atoms with Crippen LogP contribution in [-0.4, -0.2) is 24.3 Å². The molecule has 0 atom stereocenters. The highest BCUT2D eigenvalue weighted by Crippen LogP contribution is 2.31. The summed E-state index contributed by atoms with van der Waals surface area (Å²) in [5.74, 6) is 0.608. The maximum atomic E-state index is 13.1. The number of carbonyl (C=O) groups is 1. The second-order valence-corrected chi connectivity index (χ2v) is 8.46. The summed E-state index contributed by atoms with van der Waals surface area (Å²) in [6.45, 7) is 5.15. The molecule has 0 aliphatic rings. The second-order valence-electron chi connectivity index (χ2n) is 8.46. The molecule has 2 aromatic carbocycles. The molecule has 0 saturated heterocycles. The number of nitrogens with zero attached hydrogens (tertiary/aromatic N) is 1. The van der Waals surface area contributed by atoms with Crippen molar-refractivity contribution in [2.24, 2.45) is 0 Å². The van der Waals surface area contributed by atoms with Crippen LogP contribution in [0, 0.1) is 0 Å². The van der Waals surface area contributed by atoms with Gasteiger partial charge in [-0.15, -0.1) is 0 Å². The Labute approximate surface area is 198 Å². The van der Waals surface area contributed by atoms with E-state index in [-0.39, 0.29) is 5.97 Å². The summed E-state index contributed by atoms with van der Waals surface area (Å²) in [6.07, 6.45) is 10.4. The highest BCUT2D eigenvalue weighted by molar-refractivity contribution is 5.98. The van der Waals surface area contributed by atoms with Crippen LogP contribution in [0.3, 0.4) is 0 Å². The van der Waals surface area contributed by atoms with Crippen LogP contribution in [0.2, 0.25) is 0 Å². The number of carbonyl (C=O) groups excluding carboxylic acids is 1. The lowest BCUT2D eigenvalue weighted by Gasteiger charge is -2.12. The summed E-state index contributed by atoms with van der Waals surface area (Å²) in [4.78, 5) is 13.1. The van der Waals surface area contributed by atoms with E-state index in [0.29, 0.717) is 18.7 Å². The summed E-state index contributed by atoms with van der Waals surface area (Å²) in [5, 5.41) is 0. The van der Waals surface area contributed by atoms with Crippen LogP contribution in [-0.2, 0) is 17.7 Å². The molecule has 4 nitrogen and oxygen atoms in total. The highest BCUT2D eigenvalue weighted by atomic mass is 16.5. The summed E-state index contributed by atoms with van der Waals surface area (Å²) in [7, 11) is 1.68. The number of benzene rings is 2. The van der Waals surface area contributed by atoms with Gasteiger partial charge in [0.2, 0.25) is 0 Å². The molecule has 0 unspecified atom stereocenters. The van der Waals surface area contributed by atoms with Crippen molar-refractivity contribution in [3.63, 3.8) is 0 Å². The number of hydrogen-bond donors (Lipinski definition) is 0.